The van der Waals surface area contributed by atoms with Gasteiger partial charge in [-0.25, -0.2) is 0 Å². The van der Waals surface area contributed by atoms with Crippen molar-refractivity contribution in [1.29, 1.82) is 0 Å². The van der Waals surface area contributed by atoms with Gasteiger partial charge in [0.1, 0.15) is 0 Å². The fraction of sp³-hybridized carbons (Fsp3) is 0.500. The molecular formula is C12H18ClNOS. The SMILES string of the molecule is CNCc1ccc(SCCCOC)c(Cl)c1. The van der Waals surface area contributed by atoms with E-state index >= 15 is 0 Å². The summed E-state index contributed by atoms with van der Waals surface area (Å²) >= 11 is 7.98. The van der Waals surface area contributed by atoms with E-state index in [2.05, 4.69) is 17.4 Å². The molecule has 1 aromatic carbocycles. The largest absolute Gasteiger partial charge is 0.385 e. The zero-order valence-electron chi connectivity index (χ0n) is 9.75. The molecule has 0 aliphatic carbocycles. The number of hydrogen-bond acceptors (Lipinski definition) is 3. The van der Waals surface area contributed by atoms with Crippen molar-refractivity contribution in [3.8, 4) is 0 Å². The van der Waals surface area contributed by atoms with Crippen LogP contribution in [-0.4, -0.2) is 26.5 Å². The van der Waals surface area contributed by atoms with Crippen molar-refractivity contribution in [3.63, 3.8) is 0 Å². The van der Waals surface area contributed by atoms with Gasteiger partial charge in [-0.2, -0.15) is 0 Å². The number of rotatable bonds is 7. The van der Waals surface area contributed by atoms with Crippen LogP contribution in [0.2, 0.25) is 5.02 Å². The van der Waals surface area contributed by atoms with E-state index in [-0.39, 0.29) is 0 Å². The highest BCUT2D eigenvalue weighted by atomic mass is 35.5. The van der Waals surface area contributed by atoms with Crippen LogP contribution in [0.3, 0.4) is 0 Å². The normalized spacial score (nSPS) is 10.7. The summed E-state index contributed by atoms with van der Waals surface area (Å²) in [7, 11) is 3.66. The molecule has 0 radical (unpaired) electrons. The van der Waals surface area contributed by atoms with Gasteiger partial charge in [0.2, 0.25) is 0 Å². The average Bonchev–Trinajstić information content (AvgIpc) is 2.27. The molecule has 2 nitrogen and oxygen atoms in total. The second kappa shape index (κ2) is 7.96. The molecule has 1 N–H and O–H groups in total. The van der Waals surface area contributed by atoms with E-state index in [0.717, 1.165) is 35.2 Å². The Labute approximate surface area is 107 Å². The molecule has 0 aliphatic heterocycles. The maximum Gasteiger partial charge on any atom is 0.0545 e. The molecule has 90 valence electrons. The number of halogens is 1. The molecule has 16 heavy (non-hydrogen) atoms. The van der Waals surface area contributed by atoms with Crippen LogP contribution in [0, 0.1) is 0 Å². The Kier molecular flexibility index (Phi) is 6.88. The van der Waals surface area contributed by atoms with Crippen LogP contribution < -0.4 is 5.32 Å². The lowest BCUT2D eigenvalue weighted by Gasteiger charge is -2.06. The standard InChI is InChI=1S/C12H18ClNOS/c1-14-9-10-4-5-12(11(13)8-10)16-7-3-6-15-2/h4-5,8,14H,3,6-7,9H2,1-2H3. The van der Waals surface area contributed by atoms with E-state index in [1.807, 2.05) is 13.1 Å². The summed E-state index contributed by atoms with van der Waals surface area (Å²) < 4.78 is 5.01. The molecule has 4 heteroatoms. The third-order valence-electron chi connectivity index (χ3n) is 2.13. The van der Waals surface area contributed by atoms with E-state index in [0.29, 0.717) is 0 Å². The first-order valence-electron chi connectivity index (χ1n) is 5.32. The monoisotopic (exact) mass is 259 g/mol. The van der Waals surface area contributed by atoms with E-state index in [9.17, 15) is 0 Å². The summed E-state index contributed by atoms with van der Waals surface area (Å²) in [6.45, 7) is 1.66. The molecule has 0 spiro atoms. The average molecular weight is 260 g/mol. The van der Waals surface area contributed by atoms with Crippen molar-refractivity contribution in [1.82, 2.24) is 5.32 Å². The third-order valence-corrected chi connectivity index (χ3v) is 3.71. The van der Waals surface area contributed by atoms with Crippen LogP contribution in [-0.2, 0) is 11.3 Å². The molecule has 0 saturated carbocycles. The van der Waals surface area contributed by atoms with Crippen molar-refractivity contribution in [2.24, 2.45) is 0 Å². The fourth-order valence-electron chi connectivity index (χ4n) is 1.36. The topological polar surface area (TPSA) is 21.3 Å². The lowest BCUT2D eigenvalue weighted by atomic mass is 10.2. The minimum absolute atomic E-state index is 0.808. The van der Waals surface area contributed by atoms with Gasteiger partial charge in [-0.1, -0.05) is 17.7 Å². The maximum atomic E-state index is 6.20. The lowest BCUT2D eigenvalue weighted by molar-refractivity contribution is 0.200. The van der Waals surface area contributed by atoms with Crippen molar-refractivity contribution in [2.75, 3.05) is 26.5 Å². The fourth-order valence-corrected chi connectivity index (χ4v) is 2.57. The first kappa shape index (κ1) is 13.8. The van der Waals surface area contributed by atoms with Gasteiger partial charge >= 0.3 is 0 Å². The summed E-state index contributed by atoms with van der Waals surface area (Å²) in [4.78, 5) is 1.15. The lowest BCUT2D eigenvalue weighted by Crippen LogP contribution is -2.04. The molecule has 0 aliphatic rings. The molecule has 1 rings (SSSR count). The molecular weight excluding hydrogens is 242 g/mol. The molecule has 0 fully saturated rings. The van der Waals surface area contributed by atoms with Crippen LogP contribution in [0.5, 0.6) is 0 Å². The first-order chi connectivity index (χ1) is 7.77. The minimum atomic E-state index is 0.808. The summed E-state index contributed by atoms with van der Waals surface area (Å²) in [5, 5.41) is 3.95. The Morgan fingerprint density at radius 2 is 2.25 bits per heavy atom. The number of nitrogens with one attached hydrogen (secondary N) is 1. The van der Waals surface area contributed by atoms with Gasteiger partial charge in [-0.15, -0.1) is 11.8 Å². The zero-order valence-corrected chi connectivity index (χ0v) is 11.3. The number of methoxy groups -OCH3 is 1. The van der Waals surface area contributed by atoms with E-state index in [1.165, 1.54) is 5.56 Å². The van der Waals surface area contributed by atoms with Gasteiger partial charge in [-0.3, -0.25) is 0 Å². The van der Waals surface area contributed by atoms with Gasteiger partial charge < -0.3 is 10.1 Å². The smallest absolute Gasteiger partial charge is 0.0545 e. The Balaban J connectivity index is 2.47. The van der Waals surface area contributed by atoms with Crippen molar-refractivity contribution >= 4 is 23.4 Å². The molecule has 0 saturated heterocycles. The van der Waals surface area contributed by atoms with Crippen LogP contribution in [0.15, 0.2) is 23.1 Å². The van der Waals surface area contributed by atoms with Gasteiger partial charge in [0.15, 0.2) is 0 Å². The van der Waals surface area contributed by atoms with Gasteiger partial charge in [-0.05, 0) is 31.2 Å². The Morgan fingerprint density at radius 1 is 1.44 bits per heavy atom. The number of thioether (sulfide) groups is 1. The van der Waals surface area contributed by atoms with Crippen LogP contribution in [0.1, 0.15) is 12.0 Å². The molecule has 1 aromatic rings. The molecule has 0 amide bonds. The maximum absolute atomic E-state index is 6.20. The van der Waals surface area contributed by atoms with E-state index in [4.69, 9.17) is 16.3 Å². The number of ether oxygens (including phenoxy) is 1. The molecule has 0 unspecified atom stereocenters. The van der Waals surface area contributed by atoms with Crippen LogP contribution >= 0.6 is 23.4 Å². The van der Waals surface area contributed by atoms with Crippen LogP contribution in [0.25, 0.3) is 0 Å². The van der Waals surface area contributed by atoms with E-state index < -0.39 is 0 Å². The number of benzene rings is 1. The third kappa shape index (κ3) is 4.74. The highest BCUT2D eigenvalue weighted by Gasteiger charge is 2.02. The van der Waals surface area contributed by atoms with Crippen molar-refractivity contribution in [2.45, 2.75) is 17.9 Å². The van der Waals surface area contributed by atoms with Gasteiger partial charge in [0.05, 0.1) is 5.02 Å². The Hall–Kier alpha value is -0.220. The number of hydrogen-bond donors (Lipinski definition) is 1. The van der Waals surface area contributed by atoms with E-state index in [1.54, 1.807) is 18.9 Å². The molecule has 0 heterocycles. The summed E-state index contributed by atoms with van der Waals surface area (Å²) in [6.07, 6.45) is 1.05. The summed E-state index contributed by atoms with van der Waals surface area (Å²) in [6, 6.07) is 6.23. The van der Waals surface area contributed by atoms with Gasteiger partial charge in [0, 0.05) is 30.9 Å². The van der Waals surface area contributed by atoms with Crippen LogP contribution in [0.4, 0.5) is 0 Å². The van der Waals surface area contributed by atoms with Crippen molar-refractivity contribution < 1.29 is 4.74 Å². The highest BCUT2D eigenvalue weighted by molar-refractivity contribution is 7.99. The predicted molar refractivity (Wildman–Crippen MR) is 71.4 cm³/mol. The second-order valence-corrected chi connectivity index (χ2v) is 5.03. The molecule has 0 bridgehead atoms. The Morgan fingerprint density at radius 3 is 2.88 bits per heavy atom. The molecule has 0 aromatic heterocycles. The van der Waals surface area contributed by atoms with Crippen molar-refractivity contribution in [3.05, 3.63) is 28.8 Å². The molecule has 0 atom stereocenters. The quantitative estimate of drug-likeness (QED) is 0.600. The van der Waals surface area contributed by atoms with Gasteiger partial charge in [0.25, 0.3) is 0 Å². The minimum Gasteiger partial charge on any atom is -0.385 e. The summed E-state index contributed by atoms with van der Waals surface area (Å²) in [5.74, 6) is 1.04. The predicted octanol–water partition coefficient (Wildman–Crippen LogP) is 3.19. The second-order valence-electron chi connectivity index (χ2n) is 3.49. The highest BCUT2D eigenvalue weighted by Crippen LogP contribution is 2.28. The summed E-state index contributed by atoms with van der Waals surface area (Å²) in [5.41, 5.74) is 1.22. The first-order valence-corrected chi connectivity index (χ1v) is 6.69. The zero-order chi connectivity index (χ0) is 11.8. The Bertz CT molecular complexity index is 320.